The van der Waals surface area contributed by atoms with Crippen LogP contribution in [0.2, 0.25) is 0 Å². The quantitative estimate of drug-likeness (QED) is 0.748. The van der Waals surface area contributed by atoms with Crippen LogP contribution in [0.5, 0.6) is 0 Å². The molecule has 1 heterocycles. The fraction of sp³-hybridized carbons (Fsp3) is 0.600. The standard InChI is InChI=1S/C15H23NO3/c1-10(12-6-4-3-5-7-12)8-16-9-13(17)15(19)14(18)11(16)2/h3-7,10-11,13-15,17-19H,8-9H2,1-2H3/t10-,11+,13-,14+,15+/m0/s1. The summed E-state index contributed by atoms with van der Waals surface area (Å²) >= 11 is 0. The van der Waals surface area contributed by atoms with Crippen LogP contribution >= 0.6 is 0 Å². The number of β-amino-alcohol motifs (C(OH)–C–C–N with tert-alkyl or cyclic N) is 1. The van der Waals surface area contributed by atoms with Gasteiger partial charge in [0.1, 0.15) is 6.10 Å². The number of nitrogens with zero attached hydrogens (tertiary/aromatic N) is 1. The van der Waals surface area contributed by atoms with Crippen LogP contribution in [0, 0.1) is 0 Å². The fourth-order valence-corrected chi connectivity index (χ4v) is 2.72. The monoisotopic (exact) mass is 265 g/mol. The van der Waals surface area contributed by atoms with Crippen molar-refractivity contribution in [3.63, 3.8) is 0 Å². The van der Waals surface area contributed by atoms with Gasteiger partial charge in [-0.05, 0) is 18.4 Å². The number of piperidine rings is 1. The van der Waals surface area contributed by atoms with Crippen molar-refractivity contribution in [3.05, 3.63) is 35.9 Å². The Bertz CT molecular complexity index is 398. The molecule has 1 aliphatic heterocycles. The van der Waals surface area contributed by atoms with Gasteiger partial charge in [-0.2, -0.15) is 0 Å². The minimum absolute atomic E-state index is 0.149. The zero-order valence-corrected chi connectivity index (χ0v) is 11.5. The molecule has 0 amide bonds. The molecule has 0 radical (unpaired) electrons. The molecule has 4 nitrogen and oxygen atoms in total. The summed E-state index contributed by atoms with van der Waals surface area (Å²) in [6.07, 6.45) is -2.82. The van der Waals surface area contributed by atoms with Crippen molar-refractivity contribution in [2.45, 2.75) is 44.1 Å². The number of aliphatic hydroxyl groups is 3. The Hall–Kier alpha value is -0.940. The molecule has 1 aromatic carbocycles. The summed E-state index contributed by atoms with van der Waals surface area (Å²) in [5.41, 5.74) is 1.24. The van der Waals surface area contributed by atoms with E-state index in [1.165, 1.54) is 5.56 Å². The predicted molar refractivity (Wildman–Crippen MR) is 73.9 cm³/mol. The van der Waals surface area contributed by atoms with E-state index in [9.17, 15) is 15.3 Å². The lowest BCUT2D eigenvalue weighted by atomic mass is 9.92. The number of rotatable bonds is 3. The van der Waals surface area contributed by atoms with Gasteiger partial charge in [0.2, 0.25) is 0 Å². The van der Waals surface area contributed by atoms with Gasteiger partial charge in [-0.25, -0.2) is 0 Å². The Labute approximate surface area is 114 Å². The van der Waals surface area contributed by atoms with E-state index in [1.807, 2.05) is 30.0 Å². The third kappa shape index (κ3) is 3.15. The van der Waals surface area contributed by atoms with Gasteiger partial charge in [0.25, 0.3) is 0 Å². The van der Waals surface area contributed by atoms with Gasteiger partial charge in [-0.1, -0.05) is 37.3 Å². The topological polar surface area (TPSA) is 63.9 Å². The van der Waals surface area contributed by atoms with Gasteiger partial charge in [0.05, 0.1) is 12.2 Å². The molecule has 0 bridgehead atoms. The van der Waals surface area contributed by atoms with Gasteiger partial charge in [-0.15, -0.1) is 0 Å². The summed E-state index contributed by atoms with van der Waals surface area (Å²) in [5, 5.41) is 29.3. The van der Waals surface area contributed by atoms with Crippen molar-refractivity contribution in [2.75, 3.05) is 13.1 Å². The second-order valence-electron chi connectivity index (χ2n) is 5.55. The molecule has 106 valence electrons. The van der Waals surface area contributed by atoms with Gasteiger partial charge in [-0.3, -0.25) is 4.90 Å². The molecule has 1 saturated heterocycles. The first-order valence-corrected chi connectivity index (χ1v) is 6.84. The highest BCUT2D eigenvalue weighted by molar-refractivity contribution is 5.19. The zero-order chi connectivity index (χ0) is 14.0. The van der Waals surface area contributed by atoms with E-state index in [4.69, 9.17) is 0 Å². The van der Waals surface area contributed by atoms with E-state index >= 15 is 0 Å². The van der Waals surface area contributed by atoms with Crippen LogP contribution in [0.15, 0.2) is 30.3 Å². The molecule has 19 heavy (non-hydrogen) atoms. The first kappa shape index (κ1) is 14.5. The van der Waals surface area contributed by atoms with Gasteiger partial charge in [0.15, 0.2) is 0 Å². The number of aliphatic hydroxyl groups excluding tert-OH is 3. The number of hydrogen-bond acceptors (Lipinski definition) is 4. The van der Waals surface area contributed by atoms with Gasteiger partial charge >= 0.3 is 0 Å². The Morgan fingerprint density at radius 2 is 1.79 bits per heavy atom. The molecule has 0 aliphatic carbocycles. The highest BCUT2D eigenvalue weighted by Gasteiger charge is 2.39. The Balaban J connectivity index is 2.02. The lowest BCUT2D eigenvalue weighted by Crippen LogP contribution is -2.60. The summed E-state index contributed by atoms with van der Waals surface area (Å²) in [6.45, 7) is 5.17. The molecule has 0 aromatic heterocycles. The van der Waals surface area contributed by atoms with Gasteiger partial charge in [0, 0.05) is 19.1 Å². The molecule has 3 N–H and O–H groups in total. The molecule has 4 heteroatoms. The molecule has 0 saturated carbocycles. The van der Waals surface area contributed by atoms with Crippen LogP contribution in [0.4, 0.5) is 0 Å². The van der Waals surface area contributed by atoms with Crippen molar-refractivity contribution in [2.24, 2.45) is 0 Å². The van der Waals surface area contributed by atoms with E-state index in [2.05, 4.69) is 19.1 Å². The first-order chi connectivity index (χ1) is 9.00. The van der Waals surface area contributed by atoms with E-state index < -0.39 is 18.3 Å². The van der Waals surface area contributed by atoms with E-state index in [0.717, 1.165) is 6.54 Å². The SMILES string of the molecule is C[C@@H]1[C@@H](O)[C@H](O)[C@@H](O)CN1C[C@H](C)c1ccccc1. The summed E-state index contributed by atoms with van der Waals surface area (Å²) in [5.74, 6) is 0.318. The van der Waals surface area contributed by atoms with Crippen molar-refractivity contribution in [1.82, 2.24) is 4.90 Å². The Kier molecular flexibility index (Phi) is 4.58. The zero-order valence-electron chi connectivity index (χ0n) is 11.5. The largest absolute Gasteiger partial charge is 0.389 e. The molecule has 1 fully saturated rings. The maximum absolute atomic E-state index is 9.92. The molecular formula is C15H23NO3. The van der Waals surface area contributed by atoms with Crippen LogP contribution in [0.3, 0.4) is 0 Å². The molecule has 5 atom stereocenters. The molecule has 2 rings (SSSR count). The first-order valence-electron chi connectivity index (χ1n) is 6.84. The summed E-state index contributed by atoms with van der Waals surface area (Å²) in [7, 11) is 0. The normalized spacial score (nSPS) is 34.2. The Morgan fingerprint density at radius 3 is 2.42 bits per heavy atom. The van der Waals surface area contributed by atoms with Crippen molar-refractivity contribution in [1.29, 1.82) is 0 Å². The average Bonchev–Trinajstić information content (AvgIpc) is 2.43. The lowest BCUT2D eigenvalue weighted by Gasteiger charge is -2.43. The molecular weight excluding hydrogens is 242 g/mol. The van der Waals surface area contributed by atoms with Crippen LogP contribution < -0.4 is 0 Å². The van der Waals surface area contributed by atoms with Crippen LogP contribution in [-0.4, -0.2) is 57.7 Å². The maximum Gasteiger partial charge on any atom is 0.108 e. The summed E-state index contributed by atoms with van der Waals surface area (Å²) in [6, 6.07) is 10.0. The van der Waals surface area contributed by atoms with Crippen molar-refractivity contribution in [3.8, 4) is 0 Å². The van der Waals surface area contributed by atoms with Crippen molar-refractivity contribution >= 4 is 0 Å². The smallest absolute Gasteiger partial charge is 0.108 e. The highest BCUT2D eigenvalue weighted by atomic mass is 16.4. The molecule has 0 spiro atoms. The van der Waals surface area contributed by atoms with Crippen LogP contribution in [0.25, 0.3) is 0 Å². The number of hydrogen-bond donors (Lipinski definition) is 3. The number of likely N-dealkylation sites (tertiary alicyclic amines) is 1. The number of benzene rings is 1. The third-order valence-corrected chi connectivity index (χ3v) is 4.11. The molecule has 0 unspecified atom stereocenters. The molecule has 1 aromatic rings. The minimum atomic E-state index is -1.04. The van der Waals surface area contributed by atoms with E-state index in [-0.39, 0.29) is 6.04 Å². The summed E-state index contributed by atoms with van der Waals surface area (Å²) < 4.78 is 0. The predicted octanol–water partition coefficient (Wildman–Crippen LogP) is 0.577. The average molecular weight is 265 g/mol. The maximum atomic E-state index is 9.92. The summed E-state index contributed by atoms with van der Waals surface area (Å²) in [4.78, 5) is 2.04. The highest BCUT2D eigenvalue weighted by Crippen LogP contribution is 2.23. The third-order valence-electron chi connectivity index (χ3n) is 4.11. The van der Waals surface area contributed by atoms with Crippen LogP contribution in [-0.2, 0) is 0 Å². The van der Waals surface area contributed by atoms with E-state index in [0.29, 0.717) is 12.5 Å². The second kappa shape index (κ2) is 6.01. The van der Waals surface area contributed by atoms with Crippen LogP contribution in [0.1, 0.15) is 25.3 Å². The second-order valence-corrected chi connectivity index (χ2v) is 5.55. The van der Waals surface area contributed by atoms with Gasteiger partial charge < -0.3 is 15.3 Å². The van der Waals surface area contributed by atoms with Crippen molar-refractivity contribution < 1.29 is 15.3 Å². The lowest BCUT2D eigenvalue weighted by molar-refractivity contribution is -0.133. The fourth-order valence-electron chi connectivity index (χ4n) is 2.72. The van der Waals surface area contributed by atoms with E-state index in [1.54, 1.807) is 0 Å². The molecule has 1 aliphatic rings. The minimum Gasteiger partial charge on any atom is -0.389 e. The Morgan fingerprint density at radius 1 is 1.16 bits per heavy atom.